The summed E-state index contributed by atoms with van der Waals surface area (Å²) in [5.41, 5.74) is 0.509. The van der Waals surface area contributed by atoms with Crippen molar-refractivity contribution in [2.75, 3.05) is 7.11 Å². The summed E-state index contributed by atoms with van der Waals surface area (Å²) < 4.78 is 5.28. The van der Waals surface area contributed by atoms with Gasteiger partial charge in [0.2, 0.25) is 0 Å². The Morgan fingerprint density at radius 2 is 1.83 bits per heavy atom. The zero-order valence-corrected chi connectivity index (χ0v) is 11.3. The zero-order valence-electron chi connectivity index (χ0n) is 9.72. The molecule has 0 amide bonds. The number of halogens is 1. The molecule has 0 saturated carbocycles. The number of para-hydroxylation sites is 1. The van der Waals surface area contributed by atoms with Crippen molar-refractivity contribution in [2.24, 2.45) is 0 Å². The van der Waals surface area contributed by atoms with E-state index in [1.807, 2.05) is 36.4 Å². The van der Waals surface area contributed by atoms with Crippen LogP contribution in [0, 0.1) is 0 Å². The Morgan fingerprint density at radius 3 is 2.56 bits per heavy atom. The lowest BCUT2D eigenvalue weighted by molar-refractivity contribution is 0.112. The molecule has 2 nitrogen and oxygen atoms in total. The average Bonchev–Trinajstić information content (AvgIpc) is 2.40. The van der Waals surface area contributed by atoms with E-state index in [2.05, 4.69) is 0 Å². The van der Waals surface area contributed by atoms with Gasteiger partial charge >= 0.3 is 0 Å². The number of carbonyl (C=O) groups excluding carboxylic acids is 1. The van der Waals surface area contributed by atoms with Crippen LogP contribution >= 0.6 is 23.4 Å². The fourth-order valence-corrected chi connectivity index (χ4v) is 2.87. The summed E-state index contributed by atoms with van der Waals surface area (Å²) in [7, 11) is 1.62. The van der Waals surface area contributed by atoms with E-state index in [1.165, 1.54) is 11.8 Å². The summed E-state index contributed by atoms with van der Waals surface area (Å²) in [5.74, 6) is 0.777. The minimum absolute atomic E-state index is 0.463. The number of methoxy groups -OCH3 is 1. The predicted molar refractivity (Wildman–Crippen MR) is 74.0 cm³/mol. The fourth-order valence-electron chi connectivity index (χ4n) is 1.54. The lowest BCUT2D eigenvalue weighted by atomic mass is 10.2. The third-order valence-electron chi connectivity index (χ3n) is 2.42. The molecular formula is C14H11ClO2S. The Morgan fingerprint density at radius 1 is 1.11 bits per heavy atom. The Hall–Kier alpha value is -1.45. The van der Waals surface area contributed by atoms with Crippen LogP contribution in [0.3, 0.4) is 0 Å². The van der Waals surface area contributed by atoms with Crippen molar-refractivity contribution in [1.82, 2.24) is 0 Å². The minimum Gasteiger partial charge on any atom is -0.496 e. The molecule has 4 heteroatoms. The van der Waals surface area contributed by atoms with Gasteiger partial charge in [0, 0.05) is 10.5 Å². The maximum absolute atomic E-state index is 11.1. The van der Waals surface area contributed by atoms with E-state index in [-0.39, 0.29) is 0 Å². The molecule has 0 unspecified atom stereocenters. The van der Waals surface area contributed by atoms with E-state index in [1.54, 1.807) is 13.2 Å². The molecular weight excluding hydrogens is 268 g/mol. The van der Waals surface area contributed by atoms with Crippen molar-refractivity contribution in [1.29, 1.82) is 0 Å². The molecule has 0 aliphatic rings. The highest BCUT2D eigenvalue weighted by Gasteiger charge is 2.10. The highest BCUT2D eigenvalue weighted by Crippen LogP contribution is 2.37. The topological polar surface area (TPSA) is 26.3 Å². The highest BCUT2D eigenvalue weighted by molar-refractivity contribution is 7.99. The van der Waals surface area contributed by atoms with Crippen LogP contribution in [0.1, 0.15) is 10.4 Å². The van der Waals surface area contributed by atoms with E-state index in [0.717, 1.165) is 21.8 Å². The quantitative estimate of drug-likeness (QED) is 0.780. The number of hydrogen-bond donors (Lipinski definition) is 0. The summed E-state index contributed by atoms with van der Waals surface area (Å²) in [5, 5.41) is 0.463. The zero-order chi connectivity index (χ0) is 13.0. The van der Waals surface area contributed by atoms with Crippen LogP contribution in [-0.4, -0.2) is 13.4 Å². The van der Waals surface area contributed by atoms with Crippen LogP contribution in [-0.2, 0) is 0 Å². The van der Waals surface area contributed by atoms with Crippen molar-refractivity contribution in [2.45, 2.75) is 9.79 Å². The second-order valence-corrected chi connectivity index (χ2v) is 5.01. The van der Waals surface area contributed by atoms with Gasteiger partial charge in [-0.05, 0) is 24.3 Å². The number of carbonyl (C=O) groups is 1. The van der Waals surface area contributed by atoms with Gasteiger partial charge in [0.1, 0.15) is 5.75 Å². The Labute approximate surface area is 115 Å². The molecule has 0 radical (unpaired) electrons. The number of ether oxygens (including phenoxy) is 1. The second-order valence-electron chi connectivity index (χ2n) is 3.52. The van der Waals surface area contributed by atoms with Crippen molar-refractivity contribution >= 4 is 29.6 Å². The minimum atomic E-state index is 0.463. The van der Waals surface area contributed by atoms with Crippen molar-refractivity contribution < 1.29 is 9.53 Å². The molecule has 0 aliphatic heterocycles. The molecule has 0 fully saturated rings. The van der Waals surface area contributed by atoms with Gasteiger partial charge in [-0.25, -0.2) is 0 Å². The van der Waals surface area contributed by atoms with Crippen LogP contribution in [0.5, 0.6) is 5.75 Å². The number of rotatable bonds is 4. The first kappa shape index (κ1) is 13.0. The third kappa shape index (κ3) is 2.68. The normalized spacial score (nSPS) is 10.1. The molecule has 2 aromatic rings. The summed E-state index contributed by atoms with van der Waals surface area (Å²) in [6.07, 6.45) is 0.778. The monoisotopic (exact) mass is 278 g/mol. The van der Waals surface area contributed by atoms with Gasteiger partial charge in [0.15, 0.2) is 6.29 Å². The second kappa shape index (κ2) is 5.94. The van der Waals surface area contributed by atoms with Gasteiger partial charge in [0.05, 0.1) is 17.0 Å². The average molecular weight is 279 g/mol. The first-order chi connectivity index (χ1) is 8.76. The van der Waals surface area contributed by atoms with Crippen LogP contribution in [0.15, 0.2) is 52.3 Å². The van der Waals surface area contributed by atoms with Gasteiger partial charge in [-0.15, -0.1) is 0 Å². The molecule has 2 rings (SSSR count). The van der Waals surface area contributed by atoms with Gasteiger partial charge < -0.3 is 4.74 Å². The summed E-state index contributed by atoms with van der Waals surface area (Å²) in [6.45, 7) is 0. The molecule has 0 spiro atoms. The number of aldehydes is 1. The maximum Gasteiger partial charge on any atom is 0.152 e. The van der Waals surface area contributed by atoms with E-state index < -0.39 is 0 Å². The molecule has 0 aromatic heterocycles. The molecule has 18 heavy (non-hydrogen) atoms. The lowest BCUT2D eigenvalue weighted by Gasteiger charge is -2.09. The van der Waals surface area contributed by atoms with E-state index in [4.69, 9.17) is 16.3 Å². The standard InChI is InChI=1S/C14H11ClO2S/c1-17-12-6-2-3-7-14(12)18-13-8-4-5-11(15)10(13)9-16/h2-9H,1H3. The van der Waals surface area contributed by atoms with Crippen LogP contribution in [0.25, 0.3) is 0 Å². The lowest BCUT2D eigenvalue weighted by Crippen LogP contribution is -1.89. The molecule has 0 atom stereocenters. The molecule has 92 valence electrons. The predicted octanol–water partition coefficient (Wildman–Crippen LogP) is 4.31. The summed E-state index contributed by atoms with van der Waals surface area (Å²) in [6, 6.07) is 13.1. The Kier molecular flexibility index (Phi) is 4.28. The SMILES string of the molecule is COc1ccccc1Sc1cccc(Cl)c1C=O. The third-order valence-corrected chi connectivity index (χ3v) is 3.88. The Balaban J connectivity index is 2.40. The Bertz CT molecular complexity index is 569. The van der Waals surface area contributed by atoms with E-state index in [9.17, 15) is 4.79 Å². The first-order valence-electron chi connectivity index (χ1n) is 5.31. The number of benzene rings is 2. The van der Waals surface area contributed by atoms with Crippen molar-refractivity contribution in [3.8, 4) is 5.75 Å². The molecule has 0 aliphatic carbocycles. The van der Waals surface area contributed by atoms with Crippen molar-refractivity contribution in [3.63, 3.8) is 0 Å². The fraction of sp³-hybridized carbons (Fsp3) is 0.0714. The van der Waals surface area contributed by atoms with E-state index in [0.29, 0.717) is 10.6 Å². The molecule has 0 bridgehead atoms. The van der Waals surface area contributed by atoms with Gasteiger partial charge in [0.25, 0.3) is 0 Å². The molecule has 0 heterocycles. The van der Waals surface area contributed by atoms with Gasteiger partial charge in [-0.3, -0.25) is 4.79 Å². The smallest absolute Gasteiger partial charge is 0.152 e. The number of hydrogen-bond acceptors (Lipinski definition) is 3. The largest absolute Gasteiger partial charge is 0.496 e. The van der Waals surface area contributed by atoms with Crippen LogP contribution in [0.4, 0.5) is 0 Å². The molecule has 0 N–H and O–H groups in total. The van der Waals surface area contributed by atoms with Crippen LogP contribution < -0.4 is 4.74 Å². The summed E-state index contributed by atoms with van der Waals surface area (Å²) in [4.78, 5) is 12.8. The first-order valence-corrected chi connectivity index (χ1v) is 6.50. The molecule has 2 aromatic carbocycles. The van der Waals surface area contributed by atoms with Crippen LogP contribution in [0.2, 0.25) is 5.02 Å². The van der Waals surface area contributed by atoms with Gasteiger partial charge in [-0.1, -0.05) is 41.6 Å². The highest BCUT2D eigenvalue weighted by atomic mass is 35.5. The van der Waals surface area contributed by atoms with E-state index >= 15 is 0 Å². The maximum atomic E-state index is 11.1. The summed E-state index contributed by atoms with van der Waals surface area (Å²) >= 11 is 7.46. The van der Waals surface area contributed by atoms with Crippen molar-refractivity contribution in [3.05, 3.63) is 53.1 Å². The van der Waals surface area contributed by atoms with Gasteiger partial charge in [-0.2, -0.15) is 0 Å². The molecule has 0 saturated heterocycles.